The molecule has 4 nitrogen and oxygen atoms in total. The Balaban J connectivity index is 2.33. The van der Waals surface area contributed by atoms with E-state index in [0.29, 0.717) is 18.6 Å². The smallest absolute Gasteiger partial charge is 0.326 e. The van der Waals surface area contributed by atoms with E-state index in [4.69, 9.17) is 4.74 Å². The third-order valence-corrected chi connectivity index (χ3v) is 3.97. The molecular weight excluding hydrogens is 264 g/mol. The first-order valence-electron chi connectivity index (χ1n) is 8.51. The molecule has 0 saturated heterocycles. The molecule has 1 aliphatic rings. The van der Waals surface area contributed by atoms with E-state index >= 15 is 0 Å². The summed E-state index contributed by atoms with van der Waals surface area (Å²) in [5, 5.41) is 3.48. The molecule has 0 aliphatic heterocycles. The van der Waals surface area contributed by atoms with Crippen LogP contribution in [-0.4, -0.2) is 49.2 Å². The second-order valence-corrected chi connectivity index (χ2v) is 7.08. The van der Waals surface area contributed by atoms with Crippen LogP contribution in [-0.2, 0) is 9.53 Å². The molecule has 0 aromatic heterocycles. The summed E-state index contributed by atoms with van der Waals surface area (Å²) >= 11 is 0. The van der Waals surface area contributed by atoms with Crippen LogP contribution in [0.5, 0.6) is 0 Å². The Morgan fingerprint density at radius 2 is 2.05 bits per heavy atom. The van der Waals surface area contributed by atoms with Crippen LogP contribution >= 0.6 is 0 Å². The highest BCUT2D eigenvalue weighted by Crippen LogP contribution is 2.26. The highest BCUT2D eigenvalue weighted by Gasteiger charge is 2.39. The lowest BCUT2D eigenvalue weighted by Gasteiger charge is -2.29. The molecule has 4 heteroatoms. The average molecular weight is 298 g/mol. The van der Waals surface area contributed by atoms with Gasteiger partial charge in [0.2, 0.25) is 0 Å². The van der Waals surface area contributed by atoms with Crippen LogP contribution in [0.25, 0.3) is 0 Å². The second kappa shape index (κ2) is 8.74. The fourth-order valence-electron chi connectivity index (χ4n) is 2.78. The minimum Gasteiger partial charge on any atom is -0.465 e. The molecule has 1 aliphatic carbocycles. The molecule has 1 unspecified atom stereocenters. The summed E-state index contributed by atoms with van der Waals surface area (Å²) < 4.78 is 5.25. The number of hydrogen-bond acceptors (Lipinski definition) is 4. The number of carbonyl (C=O) groups excluding carboxylic acids is 1. The van der Waals surface area contributed by atoms with Crippen molar-refractivity contribution >= 4 is 5.97 Å². The molecule has 1 N–H and O–H groups in total. The van der Waals surface area contributed by atoms with E-state index in [0.717, 1.165) is 32.4 Å². The summed E-state index contributed by atoms with van der Waals surface area (Å²) in [6, 6.07) is 0.517. The number of unbranched alkanes of at least 4 members (excludes halogenated alkanes) is 1. The minimum absolute atomic E-state index is 0.0903. The zero-order valence-corrected chi connectivity index (χ0v) is 14.6. The first kappa shape index (κ1) is 18.4. The van der Waals surface area contributed by atoms with E-state index in [-0.39, 0.29) is 5.97 Å². The molecule has 0 bridgehead atoms. The maximum Gasteiger partial charge on any atom is 0.326 e. The summed E-state index contributed by atoms with van der Waals surface area (Å²) in [6.45, 7) is 11.0. The second-order valence-electron chi connectivity index (χ2n) is 7.08. The Bertz CT molecular complexity index is 316. The van der Waals surface area contributed by atoms with Gasteiger partial charge in [0, 0.05) is 12.6 Å². The molecule has 1 rings (SSSR count). The fourth-order valence-corrected chi connectivity index (χ4v) is 2.78. The molecule has 0 amide bonds. The van der Waals surface area contributed by atoms with Gasteiger partial charge in [-0.3, -0.25) is 10.1 Å². The van der Waals surface area contributed by atoms with Crippen LogP contribution in [0.15, 0.2) is 0 Å². The van der Waals surface area contributed by atoms with Crippen LogP contribution in [0, 0.1) is 5.92 Å². The number of nitrogens with zero attached hydrogens (tertiary/aromatic N) is 1. The van der Waals surface area contributed by atoms with Crippen molar-refractivity contribution in [3.63, 3.8) is 0 Å². The minimum atomic E-state index is -0.506. The molecule has 0 aromatic rings. The van der Waals surface area contributed by atoms with Crippen LogP contribution in [0.2, 0.25) is 0 Å². The topological polar surface area (TPSA) is 41.6 Å². The summed E-state index contributed by atoms with van der Waals surface area (Å²) in [4.78, 5) is 14.6. The molecule has 0 spiro atoms. The highest BCUT2D eigenvalue weighted by atomic mass is 16.5. The van der Waals surface area contributed by atoms with Gasteiger partial charge in [-0.1, -0.05) is 13.8 Å². The van der Waals surface area contributed by atoms with E-state index in [1.54, 1.807) is 0 Å². The summed E-state index contributed by atoms with van der Waals surface area (Å²) in [5.41, 5.74) is -0.506. The highest BCUT2D eigenvalue weighted by molar-refractivity contribution is 5.80. The summed E-state index contributed by atoms with van der Waals surface area (Å²) in [5.74, 6) is 0.615. The Kier molecular flexibility index (Phi) is 7.67. The maximum atomic E-state index is 12.2. The van der Waals surface area contributed by atoms with E-state index in [2.05, 4.69) is 31.1 Å². The van der Waals surface area contributed by atoms with Crippen molar-refractivity contribution in [1.82, 2.24) is 10.2 Å². The first-order chi connectivity index (χ1) is 9.87. The van der Waals surface area contributed by atoms with Gasteiger partial charge in [0.1, 0.15) is 5.54 Å². The number of nitrogens with one attached hydrogen (secondary N) is 1. The molecule has 1 saturated carbocycles. The van der Waals surface area contributed by atoms with E-state index in [1.807, 2.05) is 13.8 Å². The lowest BCUT2D eigenvalue weighted by molar-refractivity contribution is -0.151. The SMILES string of the molecule is CCOC(=O)C(C)(CCCCN(C)CC(C)C)NC1CC1. The van der Waals surface area contributed by atoms with E-state index in [9.17, 15) is 4.79 Å². The quantitative estimate of drug-likeness (QED) is 0.470. The first-order valence-corrected chi connectivity index (χ1v) is 8.51. The Hall–Kier alpha value is -0.610. The third-order valence-electron chi connectivity index (χ3n) is 3.97. The maximum absolute atomic E-state index is 12.2. The molecule has 124 valence electrons. The van der Waals surface area contributed by atoms with Crippen LogP contribution in [0.3, 0.4) is 0 Å². The van der Waals surface area contributed by atoms with Gasteiger partial charge in [0.05, 0.1) is 6.61 Å². The molecule has 0 aromatic carbocycles. The van der Waals surface area contributed by atoms with E-state index in [1.165, 1.54) is 12.8 Å². The zero-order valence-electron chi connectivity index (χ0n) is 14.6. The summed E-state index contributed by atoms with van der Waals surface area (Å²) in [6.07, 6.45) is 5.41. The number of esters is 1. The molecule has 0 heterocycles. The van der Waals surface area contributed by atoms with Gasteiger partial charge in [-0.15, -0.1) is 0 Å². The van der Waals surface area contributed by atoms with Crippen LogP contribution in [0.4, 0.5) is 0 Å². The third kappa shape index (κ3) is 7.28. The van der Waals surface area contributed by atoms with Gasteiger partial charge >= 0.3 is 5.97 Å². The lowest BCUT2D eigenvalue weighted by Crippen LogP contribution is -2.51. The van der Waals surface area contributed by atoms with Gasteiger partial charge in [-0.2, -0.15) is 0 Å². The van der Waals surface area contributed by atoms with Gasteiger partial charge in [0.15, 0.2) is 0 Å². The molecule has 21 heavy (non-hydrogen) atoms. The van der Waals surface area contributed by atoms with Gasteiger partial charge in [-0.25, -0.2) is 0 Å². The molecule has 0 radical (unpaired) electrons. The van der Waals surface area contributed by atoms with Crippen LogP contribution in [0.1, 0.15) is 59.8 Å². The van der Waals surface area contributed by atoms with Gasteiger partial charge in [-0.05, 0) is 65.5 Å². The molecule has 1 atom stereocenters. The van der Waals surface area contributed by atoms with E-state index < -0.39 is 5.54 Å². The molecular formula is C17H34N2O2. The van der Waals surface area contributed by atoms with Crippen molar-refractivity contribution in [1.29, 1.82) is 0 Å². The number of hydrogen-bond donors (Lipinski definition) is 1. The predicted molar refractivity (Wildman–Crippen MR) is 87.4 cm³/mol. The van der Waals surface area contributed by atoms with Crippen LogP contribution < -0.4 is 5.32 Å². The van der Waals surface area contributed by atoms with Crippen molar-refractivity contribution in [2.24, 2.45) is 5.92 Å². The van der Waals surface area contributed by atoms with Crippen molar-refractivity contribution in [3.05, 3.63) is 0 Å². The fraction of sp³-hybridized carbons (Fsp3) is 0.941. The summed E-state index contributed by atoms with van der Waals surface area (Å²) in [7, 11) is 2.17. The van der Waals surface area contributed by atoms with Gasteiger partial charge in [0.25, 0.3) is 0 Å². The zero-order chi connectivity index (χ0) is 15.9. The number of ether oxygens (including phenoxy) is 1. The van der Waals surface area contributed by atoms with Gasteiger partial charge < -0.3 is 9.64 Å². The Morgan fingerprint density at radius 3 is 2.57 bits per heavy atom. The number of rotatable bonds is 11. The largest absolute Gasteiger partial charge is 0.465 e. The Morgan fingerprint density at radius 1 is 1.38 bits per heavy atom. The van der Waals surface area contributed by atoms with Crippen molar-refractivity contribution < 1.29 is 9.53 Å². The standard InChI is InChI=1S/C17H34N2O2/c1-6-21-16(20)17(4,18-15-9-10-15)11-7-8-12-19(5)13-14(2)3/h14-15,18H,6-13H2,1-5H3. The van der Waals surface area contributed by atoms with Crippen molar-refractivity contribution in [2.75, 3.05) is 26.7 Å². The van der Waals surface area contributed by atoms with Crippen molar-refractivity contribution in [2.45, 2.75) is 71.4 Å². The van der Waals surface area contributed by atoms with Crippen molar-refractivity contribution in [3.8, 4) is 0 Å². The Labute approximate surface area is 130 Å². The monoisotopic (exact) mass is 298 g/mol. The number of carbonyl (C=O) groups is 1. The molecule has 1 fully saturated rings. The predicted octanol–water partition coefficient (Wildman–Crippen LogP) is 2.82. The lowest BCUT2D eigenvalue weighted by atomic mass is 9.94. The normalized spacial score (nSPS) is 18.0. The average Bonchev–Trinajstić information content (AvgIpc) is 3.18.